The Morgan fingerprint density at radius 1 is 1.21 bits per heavy atom. The average molecular weight is 430 g/mol. The molecule has 0 aliphatic carbocycles. The third-order valence-electron chi connectivity index (χ3n) is 4.92. The Labute approximate surface area is 177 Å². The van der Waals surface area contributed by atoms with Gasteiger partial charge in [0.25, 0.3) is 0 Å². The molecule has 1 aliphatic rings. The highest BCUT2D eigenvalue weighted by molar-refractivity contribution is 7.99. The Kier molecular flexibility index (Phi) is 5.80. The van der Waals surface area contributed by atoms with Crippen molar-refractivity contribution in [2.24, 2.45) is 0 Å². The van der Waals surface area contributed by atoms with Gasteiger partial charge in [0.15, 0.2) is 0 Å². The van der Waals surface area contributed by atoms with Gasteiger partial charge in [-0.3, -0.25) is 4.98 Å². The number of carboxylic acids is 1. The monoisotopic (exact) mass is 429 g/mol. The number of aliphatic hydroxyl groups excluding tert-OH is 1. The number of aliphatic hydroxyl groups is 1. The Bertz CT molecular complexity index is 1070. The minimum absolute atomic E-state index is 0.101. The fourth-order valence-corrected chi connectivity index (χ4v) is 4.52. The second-order valence-electron chi connectivity index (χ2n) is 6.75. The van der Waals surface area contributed by atoms with Gasteiger partial charge in [-0.1, -0.05) is 17.7 Å². The van der Waals surface area contributed by atoms with Crippen LogP contribution >= 0.6 is 23.4 Å². The molecular weight excluding hydrogens is 410 g/mol. The number of carbonyl (C=O) groups is 1. The standard InChI is InChI=1S/C21H20ClN3O3S/c22-14-2-4-17-15(10-14)20(19(11-23-17)25-5-7-29-8-6-25)24-18-3-1-13(12-26)9-16(18)21(27)28/h1-4,9-11,26H,5-8,12H2,(H,23,24)(H,27,28). The summed E-state index contributed by atoms with van der Waals surface area (Å²) in [6.07, 6.45) is 1.83. The molecule has 0 radical (unpaired) electrons. The van der Waals surface area contributed by atoms with Crippen molar-refractivity contribution < 1.29 is 15.0 Å². The Morgan fingerprint density at radius 2 is 2.00 bits per heavy atom. The Balaban J connectivity index is 1.87. The highest BCUT2D eigenvalue weighted by Crippen LogP contribution is 2.38. The van der Waals surface area contributed by atoms with Crippen molar-refractivity contribution in [3.63, 3.8) is 0 Å². The molecule has 3 aromatic rings. The highest BCUT2D eigenvalue weighted by atomic mass is 35.5. The van der Waals surface area contributed by atoms with Gasteiger partial charge in [0, 0.05) is 35.0 Å². The number of hydrogen-bond donors (Lipinski definition) is 3. The number of fused-ring (bicyclic) bond motifs is 1. The summed E-state index contributed by atoms with van der Waals surface area (Å²) in [7, 11) is 0. The summed E-state index contributed by atoms with van der Waals surface area (Å²) >= 11 is 8.17. The quantitative estimate of drug-likeness (QED) is 0.555. The first-order valence-corrected chi connectivity index (χ1v) is 10.7. The first kappa shape index (κ1) is 19.8. The minimum atomic E-state index is -1.06. The first-order chi connectivity index (χ1) is 14.1. The molecule has 0 spiro atoms. The molecule has 0 amide bonds. The molecule has 1 aromatic heterocycles. The van der Waals surface area contributed by atoms with E-state index in [0.717, 1.165) is 46.9 Å². The number of rotatable bonds is 5. The second kappa shape index (κ2) is 8.49. The molecule has 2 heterocycles. The van der Waals surface area contributed by atoms with Gasteiger partial charge in [-0.2, -0.15) is 11.8 Å². The number of anilines is 3. The Hall–Kier alpha value is -2.48. The number of carboxylic acid groups (broad SMARTS) is 1. The fraction of sp³-hybridized carbons (Fsp3) is 0.238. The average Bonchev–Trinajstić information content (AvgIpc) is 2.74. The van der Waals surface area contributed by atoms with Gasteiger partial charge in [-0.05, 0) is 35.9 Å². The first-order valence-electron chi connectivity index (χ1n) is 9.22. The summed E-state index contributed by atoms with van der Waals surface area (Å²) in [4.78, 5) is 18.7. The van der Waals surface area contributed by atoms with Crippen LogP contribution in [0.3, 0.4) is 0 Å². The molecule has 8 heteroatoms. The second-order valence-corrected chi connectivity index (χ2v) is 8.41. The molecule has 2 aromatic carbocycles. The van der Waals surface area contributed by atoms with Gasteiger partial charge in [-0.25, -0.2) is 4.79 Å². The van der Waals surface area contributed by atoms with Crippen LogP contribution in [0.4, 0.5) is 17.1 Å². The number of nitrogens with one attached hydrogen (secondary N) is 1. The highest BCUT2D eigenvalue weighted by Gasteiger charge is 2.20. The molecule has 0 bridgehead atoms. The summed E-state index contributed by atoms with van der Waals surface area (Å²) < 4.78 is 0. The summed E-state index contributed by atoms with van der Waals surface area (Å²) in [5, 5.41) is 23.8. The van der Waals surface area contributed by atoms with Crippen molar-refractivity contribution in [3.05, 3.63) is 58.7 Å². The van der Waals surface area contributed by atoms with E-state index < -0.39 is 5.97 Å². The van der Waals surface area contributed by atoms with E-state index >= 15 is 0 Å². The predicted octanol–water partition coefficient (Wildman–Crippen LogP) is 4.38. The zero-order chi connectivity index (χ0) is 20.4. The predicted molar refractivity (Wildman–Crippen MR) is 119 cm³/mol. The third kappa shape index (κ3) is 4.12. The molecule has 3 N–H and O–H groups in total. The summed E-state index contributed by atoms with van der Waals surface area (Å²) in [5.41, 5.74) is 3.57. The maximum Gasteiger partial charge on any atom is 0.337 e. The van der Waals surface area contributed by atoms with Crippen LogP contribution < -0.4 is 10.2 Å². The molecule has 4 rings (SSSR count). The normalized spacial score (nSPS) is 14.2. The van der Waals surface area contributed by atoms with Crippen LogP contribution in [0, 0.1) is 0 Å². The van der Waals surface area contributed by atoms with E-state index in [-0.39, 0.29) is 12.2 Å². The summed E-state index contributed by atoms with van der Waals surface area (Å²) in [6, 6.07) is 10.4. The smallest absolute Gasteiger partial charge is 0.337 e. The number of hydrogen-bond acceptors (Lipinski definition) is 6. The molecular formula is C21H20ClN3O3S. The lowest BCUT2D eigenvalue weighted by molar-refractivity contribution is 0.0698. The van der Waals surface area contributed by atoms with Crippen LogP contribution in [0.25, 0.3) is 10.9 Å². The van der Waals surface area contributed by atoms with Crippen LogP contribution in [0.1, 0.15) is 15.9 Å². The number of aromatic nitrogens is 1. The lowest BCUT2D eigenvalue weighted by atomic mass is 10.1. The molecule has 6 nitrogen and oxygen atoms in total. The zero-order valence-electron chi connectivity index (χ0n) is 15.6. The van der Waals surface area contributed by atoms with Crippen molar-refractivity contribution in [1.29, 1.82) is 0 Å². The van der Waals surface area contributed by atoms with Crippen LogP contribution in [0.2, 0.25) is 5.02 Å². The van der Waals surface area contributed by atoms with Gasteiger partial charge in [-0.15, -0.1) is 0 Å². The van der Waals surface area contributed by atoms with Crippen molar-refractivity contribution in [2.75, 3.05) is 34.8 Å². The molecule has 1 saturated heterocycles. The number of benzene rings is 2. The molecule has 150 valence electrons. The van der Waals surface area contributed by atoms with Crippen molar-refractivity contribution in [3.8, 4) is 0 Å². The van der Waals surface area contributed by atoms with Crippen LogP contribution in [-0.2, 0) is 6.61 Å². The lowest BCUT2D eigenvalue weighted by Crippen LogP contribution is -2.33. The summed E-state index contributed by atoms with van der Waals surface area (Å²) in [5.74, 6) is 0.993. The molecule has 0 atom stereocenters. The lowest BCUT2D eigenvalue weighted by Gasteiger charge is -2.31. The number of pyridine rings is 1. The number of aromatic carboxylic acids is 1. The fourth-order valence-electron chi connectivity index (χ4n) is 3.44. The van der Waals surface area contributed by atoms with Crippen molar-refractivity contribution >= 4 is 57.3 Å². The van der Waals surface area contributed by atoms with E-state index in [2.05, 4.69) is 15.2 Å². The topological polar surface area (TPSA) is 85.7 Å². The van der Waals surface area contributed by atoms with Crippen LogP contribution in [0.5, 0.6) is 0 Å². The van der Waals surface area contributed by atoms with Crippen molar-refractivity contribution in [2.45, 2.75) is 6.61 Å². The van der Waals surface area contributed by atoms with Crippen LogP contribution in [0.15, 0.2) is 42.6 Å². The van der Waals surface area contributed by atoms with Gasteiger partial charge < -0.3 is 20.4 Å². The van der Waals surface area contributed by atoms with Gasteiger partial charge >= 0.3 is 5.97 Å². The summed E-state index contributed by atoms with van der Waals surface area (Å²) in [6.45, 7) is 1.57. The largest absolute Gasteiger partial charge is 0.478 e. The van der Waals surface area contributed by atoms with Gasteiger partial charge in [0.2, 0.25) is 0 Å². The van der Waals surface area contributed by atoms with Gasteiger partial charge in [0.1, 0.15) is 0 Å². The zero-order valence-corrected chi connectivity index (χ0v) is 17.1. The van der Waals surface area contributed by atoms with E-state index in [1.54, 1.807) is 18.2 Å². The van der Waals surface area contributed by atoms with Gasteiger partial charge in [0.05, 0.1) is 40.9 Å². The molecule has 1 aliphatic heterocycles. The molecule has 0 saturated carbocycles. The van der Waals surface area contributed by atoms with E-state index in [4.69, 9.17) is 11.6 Å². The van der Waals surface area contributed by atoms with Crippen LogP contribution in [-0.4, -0.2) is 45.8 Å². The number of nitrogens with zero attached hydrogens (tertiary/aromatic N) is 2. The number of thioether (sulfide) groups is 1. The van der Waals surface area contributed by atoms with E-state index in [0.29, 0.717) is 16.3 Å². The van der Waals surface area contributed by atoms with E-state index in [9.17, 15) is 15.0 Å². The minimum Gasteiger partial charge on any atom is -0.478 e. The maximum absolute atomic E-state index is 11.8. The van der Waals surface area contributed by atoms with E-state index in [1.807, 2.05) is 30.1 Å². The van der Waals surface area contributed by atoms with E-state index in [1.165, 1.54) is 6.07 Å². The van der Waals surface area contributed by atoms with Crippen molar-refractivity contribution in [1.82, 2.24) is 4.98 Å². The SMILES string of the molecule is O=C(O)c1cc(CO)ccc1Nc1c(N2CCSCC2)cnc2ccc(Cl)cc12. The maximum atomic E-state index is 11.8. The molecule has 1 fully saturated rings. The Morgan fingerprint density at radius 3 is 2.72 bits per heavy atom. The molecule has 0 unspecified atom stereocenters. The third-order valence-corrected chi connectivity index (χ3v) is 6.10. The molecule has 29 heavy (non-hydrogen) atoms. The number of halogens is 1.